The molecular formula is C30H27FO8S. The number of esters is 1. The first-order valence-electron chi connectivity index (χ1n) is 12.0. The number of carbonyl (C=O) groups excluding carboxylic acids is 1. The first-order chi connectivity index (χ1) is 19.1. The van der Waals surface area contributed by atoms with Crippen LogP contribution in [0.25, 0.3) is 22.3 Å². The highest BCUT2D eigenvalue weighted by Crippen LogP contribution is 2.46. The average molecular weight is 567 g/mol. The molecular weight excluding hydrogens is 539 g/mol. The predicted molar refractivity (Wildman–Crippen MR) is 148 cm³/mol. The van der Waals surface area contributed by atoms with Crippen molar-refractivity contribution in [2.24, 2.45) is 0 Å². The molecule has 0 saturated carbocycles. The van der Waals surface area contributed by atoms with Crippen molar-refractivity contribution in [3.63, 3.8) is 0 Å². The predicted octanol–water partition coefficient (Wildman–Crippen LogP) is 5.88. The maximum absolute atomic E-state index is 15.2. The Morgan fingerprint density at radius 1 is 0.825 bits per heavy atom. The van der Waals surface area contributed by atoms with Crippen molar-refractivity contribution < 1.29 is 40.7 Å². The third kappa shape index (κ3) is 6.35. The third-order valence-electron chi connectivity index (χ3n) is 5.93. The lowest BCUT2D eigenvalue weighted by Gasteiger charge is -2.20. The number of hydrogen-bond acceptors (Lipinski definition) is 8. The van der Waals surface area contributed by atoms with Gasteiger partial charge in [-0.3, -0.25) is 0 Å². The van der Waals surface area contributed by atoms with Crippen molar-refractivity contribution in [3.8, 4) is 45.3 Å². The van der Waals surface area contributed by atoms with Gasteiger partial charge in [0.05, 0.1) is 27.6 Å². The van der Waals surface area contributed by atoms with E-state index in [1.165, 1.54) is 45.6 Å². The molecule has 0 fully saturated rings. The molecule has 4 aromatic carbocycles. The van der Waals surface area contributed by atoms with Crippen LogP contribution in [0.3, 0.4) is 0 Å². The first kappa shape index (κ1) is 28.4. The molecule has 4 aromatic rings. The van der Waals surface area contributed by atoms with Gasteiger partial charge in [0.15, 0.2) is 11.6 Å². The van der Waals surface area contributed by atoms with E-state index in [0.717, 1.165) is 11.8 Å². The number of benzene rings is 4. The molecule has 0 unspecified atom stereocenters. The van der Waals surface area contributed by atoms with Gasteiger partial charge in [-0.25, -0.2) is 9.18 Å². The third-order valence-corrected chi connectivity index (χ3v) is 6.42. The zero-order valence-corrected chi connectivity index (χ0v) is 23.1. The number of methoxy groups -OCH3 is 3. The summed E-state index contributed by atoms with van der Waals surface area (Å²) >= 11 is 0. The molecule has 0 bridgehead atoms. The van der Waals surface area contributed by atoms with Gasteiger partial charge >= 0.3 is 16.1 Å². The van der Waals surface area contributed by atoms with Gasteiger partial charge in [0.2, 0.25) is 0 Å². The van der Waals surface area contributed by atoms with Gasteiger partial charge in [-0.2, -0.15) is 8.42 Å². The van der Waals surface area contributed by atoms with Gasteiger partial charge in [0.1, 0.15) is 29.4 Å². The Hall–Kier alpha value is -4.57. The average Bonchev–Trinajstić information content (AvgIpc) is 2.95. The summed E-state index contributed by atoms with van der Waals surface area (Å²) in [4.78, 5) is 13.1. The minimum Gasteiger partial charge on any atom is -0.496 e. The van der Waals surface area contributed by atoms with Crippen LogP contribution >= 0.6 is 0 Å². The van der Waals surface area contributed by atoms with Crippen LogP contribution < -0.4 is 18.4 Å². The summed E-state index contributed by atoms with van der Waals surface area (Å²) < 4.78 is 65.1. The molecule has 0 radical (unpaired) electrons. The Labute approximate surface area is 232 Å². The lowest BCUT2D eigenvalue weighted by atomic mass is 9.92. The molecule has 40 heavy (non-hydrogen) atoms. The summed E-state index contributed by atoms with van der Waals surface area (Å²) in [6, 6.07) is 21.5. The number of ether oxygens (including phenoxy) is 4. The second kappa shape index (κ2) is 12.1. The van der Waals surface area contributed by atoms with Crippen LogP contribution in [0.15, 0.2) is 78.9 Å². The van der Waals surface area contributed by atoms with E-state index in [9.17, 15) is 13.2 Å². The Bertz CT molecular complexity index is 1620. The normalized spacial score (nSPS) is 11.0. The minimum atomic E-state index is -3.71. The van der Waals surface area contributed by atoms with E-state index in [1.54, 1.807) is 24.3 Å². The van der Waals surface area contributed by atoms with Gasteiger partial charge in [-0.05, 0) is 47.0 Å². The van der Waals surface area contributed by atoms with Crippen LogP contribution in [0.4, 0.5) is 4.39 Å². The number of hydrogen-bond donors (Lipinski definition) is 0. The highest BCUT2D eigenvalue weighted by Gasteiger charge is 2.28. The van der Waals surface area contributed by atoms with Crippen molar-refractivity contribution in [2.45, 2.75) is 6.61 Å². The van der Waals surface area contributed by atoms with Crippen molar-refractivity contribution in [1.29, 1.82) is 0 Å². The molecule has 10 heteroatoms. The van der Waals surface area contributed by atoms with Crippen LogP contribution in [0.2, 0.25) is 0 Å². The van der Waals surface area contributed by atoms with E-state index >= 15 is 4.39 Å². The summed E-state index contributed by atoms with van der Waals surface area (Å²) in [6.07, 6.45) is 0.945. The lowest BCUT2D eigenvalue weighted by Crippen LogP contribution is -2.09. The van der Waals surface area contributed by atoms with E-state index in [0.29, 0.717) is 16.7 Å². The van der Waals surface area contributed by atoms with Crippen molar-refractivity contribution in [3.05, 3.63) is 95.8 Å². The second-order valence-electron chi connectivity index (χ2n) is 8.63. The minimum absolute atomic E-state index is 0.0215. The molecule has 208 valence electrons. The van der Waals surface area contributed by atoms with Crippen LogP contribution in [-0.2, 0) is 21.5 Å². The molecule has 8 nitrogen and oxygen atoms in total. The zero-order valence-electron chi connectivity index (χ0n) is 22.3. The standard InChI is InChI=1S/C30H27FO8S/c1-35-26-17-23(20-10-13-22(14-11-20)39-40(4,33)34)29(36-2)28(30(32)37-3)27(26)21-12-15-25(24(31)16-21)38-18-19-8-6-5-7-9-19/h5-17H,18H2,1-4H3. The van der Waals surface area contributed by atoms with Crippen LogP contribution in [-0.4, -0.2) is 42.0 Å². The van der Waals surface area contributed by atoms with E-state index in [2.05, 4.69) is 0 Å². The Kier molecular flexibility index (Phi) is 8.59. The molecule has 0 aromatic heterocycles. The summed E-state index contributed by atoms with van der Waals surface area (Å²) in [5, 5.41) is 0. The number of rotatable bonds is 10. The molecule has 0 aliphatic heterocycles. The fourth-order valence-electron chi connectivity index (χ4n) is 4.18. The van der Waals surface area contributed by atoms with Crippen LogP contribution in [0, 0.1) is 5.82 Å². The Morgan fingerprint density at radius 3 is 2.08 bits per heavy atom. The summed E-state index contributed by atoms with van der Waals surface area (Å²) in [5.74, 6) is -0.780. The smallest absolute Gasteiger partial charge is 0.342 e. The SMILES string of the molecule is COC(=O)c1c(OC)c(-c2ccc(OS(C)(=O)=O)cc2)cc(OC)c1-c1ccc(OCc2ccccc2)c(F)c1. The van der Waals surface area contributed by atoms with Gasteiger partial charge in [0, 0.05) is 11.1 Å². The van der Waals surface area contributed by atoms with E-state index in [4.69, 9.17) is 23.1 Å². The van der Waals surface area contributed by atoms with Crippen LogP contribution in [0.5, 0.6) is 23.0 Å². The van der Waals surface area contributed by atoms with Gasteiger partial charge < -0.3 is 23.1 Å². The van der Waals surface area contributed by atoms with E-state index < -0.39 is 21.9 Å². The molecule has 0 amide bonds. The largest absolute Gasteiger partial charge is 0.496 e. The highest BCUT2D eigenvalue weighted by molar-refractivity contribution is 7.86. The second-order valence-corrected chi connectivity index (χ2v) is 10.2. The van der Waals surface area contributed by atoms with Crippen molar-refractivity contribution >= 4 is 16.1 Å². The van der Waals surface area contributed by atoms with Gasteiger partial charge in [0.25, 0.3) is 0 Å². The fourth-order valence-corrected chi connectivity index (χ4v) is 4.65. The zero-order chi connectivity index (χ0) is 28.9. The monoisotopic (exact) mass is 566 g/mol. The quantitative estimate of drug-likeness (QED) is 0.173. The number of carbonyl (C=O) groups is 1. The molecule has 0 atom stereocenters. The number of halogens is 1. The molecule has 0 saturated heterocycles. The highest BCUT2D eigenvalue weighted by atomic mass is 32.2. The summed E-state index contributed by atoms with van der Waals surface area (Å²) in [5.41, 5.74) is 2.54. The lowest BCUT2D eigenvalue weighted by molar-refractivity contribution is 0.0597. The van der Waals surface area contributed by atoms with Gasteiger partial charge in [-0.1, -0.05) is 48.5 Å². The fraction of sp³-hybridized carbons (Fsp3) is 0.167. The molecule has 0 aliphatic rings. The molecule has 0 N–H and O–H groups in total. The molecule has 0 spiro atoms. The maximum atomic E-state index is 15.2. The van der Waals surface area contributed by atoms with E-state index in [1.807, 2.05) is 30.3 Å². The van der Waals surface area contributed by atoms with Crippen molar-refractivity contribution in [1.82, 2.24) is 0 Å². The Balaban J connectivity index is 1.80. The summed E-state index contributed by atoms with van der Waals surface area (Å²) in [7, 11) is 0.336. The Morgan fingerprint density at radius 2 is 1.50 bits per heavy atom. The molecule has 0 heterocycles. The van der Waals surface area contributed by atoms with Crippen LogP contribution in [0.1, 0.15) is 15.9 Å². The van der Waals surface area contributed by atoms with Gasteiger partial charge in [-0.15, -0.1) is 0 Å². The maximum Gasteiger partial charge on any atom is 0.342 e. The van der Waals surface area contributed by atoms with E-state index in [-0.39, 0.29) is 40.7 Å². The van der Waals surface area contributed by atoms with Crippen molar-refractivity contribution in [2.75, 3.05) is 27.6 Å². The first-order valence-corrected chi connectivity index (χ1v) is 13.8. The molecule has 0 aliphatic carbocycles. The topological polar surface area (TPSA) is 97.4 Å². The molecule has 4 rings (SSSR count). The summed E-state index contributed by atoms with van der Waals surface area (Å²) in [6.45, 7) is 0.185.